The van der Waals surface area contributed by atoms with Gasteiger partial charge >= 0.3 is 6.03 Å². The quantitative estimate of drug-likeness (QED) is 0.488. The number of benzene rings is 2. The molecular weight excluding hydrogens is 389 g/mol. The van der Waals surface area contributed by atoms with Crippen molar-refractivity contribution in [3.05, 3.63) is 59.9 Å². The largest absolute Gasteiger partial charge is 0.338 e. The van der Waals surface area contributed by atoms with Crippen LogP contribution in [0.5, 0.6) is 0 Å². The van der Waals surface area contributed by atoms with Crippen molar-refractivity contribution in [1.82, 2.24) is 10.2 Å². The molecule has 5 nitrogen and oxygen atoms in total. The van der Waals surface area contributed by atoms with Crippen LogP contribution in [0.1, 0.15) is 31.2 Å². The van der Waals surface area contributed by atoms with Crippen molar-refractivity contribution in [1.29, 1.82) is 0 Å². The van der Waals surface area contributed by atoms with E-state index in [1.165, 1.54) is 12.1 Å². The molecule has 29 heavy (non-hydrogen) atoms. The van der Waals surface area contributed by atoms with Crippen LogP contribution in [0.25, 0.3) is 0 Å². The molecule has 0 atom stereocenters. The molecular formula is C22H26FN3O2S. The third-order valence-electron chi connectivity index (χ3n) is 4.67. The number of nitrogens with one attached hydrogen (secondary N) is 2. The molecule has 1 fully saturated rings. The van der Waals surface area contributed by atoms with Crippen molar-refractivity contribution in [2.45, 2.75) is 37.1 Å². The number of hydrogen-bond acceptors (Lipinski definition) is 3. The van der Waals surface area contributed by atoms with Crippen molar-refractivity contribution in [3.8, 4) is 0 Å². The summed E-state index contributed by atoms with van der Waals surface area (Å²) in [7, 11) is 0. The van der Waals surface area contributed by atoms with E-state index in [0.29, 0.717) is 25.2 Å². The first-order chi connectivity index (χ1) is 14.1. The molecule has 0 aromatic heterocycles. The van der Waals surface area contributed by atoms with Gasteiger partial charge in [0, 0.05) is 36.6 Å². The monoisotopic (exact) mass is 415 g/mol. The lowest BCUT2D eigenvalue weighted by molar-refractivity contribution is -0.133. The van der Waals surface area contributed by atoms with Gasteiger partial charge in [0.25, 0.3) is 0 Å². The van der Waals surface area contributed by atoms with Gasteiger partial charge in [-0.2, -0.15) is 0 Å². The highest BCUT2D eigenvalue weighted by atomic mass is 32.2. The Labute approximate surface area is 175 Å². The SMILES string of the molecule is O=C(NCCCSc1ccc(F)cc1)Nc1cccc(CN2CCCCC2=O)c1. The number of carbonyl (C=O) groups excluding carboxylic acids is 2. The number of carbonyl (C=O) groups is 2. The number of halogens is 1. The average Bonchev–Trinajstić information content (AvgIpc) is 2.71. The smallest absolute Gasteiger partial charge is 0.319 e. The maximum Gasteiger partial charge on any atom is 0.319 e. The molecule has 2 aromatic carbocycles. The van der Waals surface area contributed by atoms with E-state index < -0.39 is 0 Å². The van der Waals surface area contributed by atoms with Crippen molar-refractivity contribution in [3.63, 3.8) is 0 Å². The first-order valence-electron chi connectivity index (χ1n) is 9.90. The second kappa shape index (κ2) is 10.9. The van der Waals surface area contributed by atoms with Gasteiger partial charge in [0.05, 0.1) is 0 Å². The van der Waals surface area contributed by atoms with E-state index in [-0.39, 0.29) is 17.8 Å². The molecule has 2 aromatic rings. The summed E-state index contributed by atoms with van der Waals surface area (Å²) in [6.45, 7) is 1.94. The van der Waals surface area contributed by atoms with E-state index >= 15 is 0 Å². The zero-order valence-electron chi connectivity index (χ0n) is 16.3. The minimum Gasteiger partial charge on any atom is -0.338 e. The fraction of sp³-hybridized carbons (Fsp3) is 0.364. The van der Waals surface area contributed by atoms with Gasteiger partial charge < -0.3 is 15.5 Å². The van der Waals surface area contributed by atoms with Crippen molar-refractivity contribution >= 4 is 29.4 Å². The van der Waals surface area contributed by atoms with Crippen LogP contribution in [0, 0.1) is 5.82 Å². The second-order valence-corrected chi connectivity index (χ2v) is 8.18. The highest BCUT2D eigenvalue weighted by Crippen LogP contribution is 2.19. The van der Waals surface area contributed by atoms with Gasteiger partial charge in [0.2, 0.25) is 5.91 Å². The van der Waals surface area contributed by atoms with Gasteiger partial charge in [-0.05, 0) is 67.0 Å². The molecule has 0 bridgehead atoms. The summed E-state index contributed by atoms with van der Waals surface area (Å²) in [6.07, 6.45) is 3.46. The number of hydrogen-bond donors (Lipinski definition) is 2. The molecule has 3 amide bonds. The number of rotatable bonds is 8. The topological polar surface area (TPSA) is 61.4 Å². The van der Waals surface area contributed by atoms with Gasteiger partial charge in [-0.3, -0.25) is 4.79 Å². The number of likely N-dealkylation sites (tertiary alicyclic amines) is 1. The Balaban J connectivity index is 1.37. The number of amides is 3. The highest BCUT2D eigenvalue weighted by molar-refractivity contribution is 7.99. The Morgan fingerprint density at radius 2 is 1.97 bits per heavy atom. The van der Waals surface area contributed by atoms with Crippen molar-refractivity contribution < 1.29 is 14.0 Å². The summed E-state index contributed by atoms with van der Waals surface area (Å²) in [5.74, 6) is 0.802. The zero-order chi connectivity index (χ0) is 20.5. The Morgan fingerprint density at radius 1 is 1.14 bits per heavy atom. The summed E-state index contributed by atoms with van der Waals surface area (Å²) in [6, 6.07) is 13.8. The molecule has 1 heterocycles. The summed E-state index contributed by atoms with van der Waals surface area (Å²) in [5.41, 5.74) is 1.72. The molecule has 0 saturated carbocycles. The Bertz CT molecular complexity index is 829. The second-order valence-electron chi connectivity index (χ2n) is 7.01. The maximum absolute atomic E-state index is 12.9. The normalized spacial score (nSPS) is 14.0. The van der Waals surface area contributed by atoms with E-state index in [2.05, 4.69) is 10.6 Å². The molecule has 0 radical (unpaired) electrons. The van der Waals surface area contributed by atoms with Crippen LogP contribution in [-0.4, -0.2) is 35.7 Å². The van der Waals surface area contributed by atoms with Gasteiger partial charge in [0.1, 0.15) is 5.82 Å². The molecule has 3 rings (SSSR count). The molecule has 0 aliphatic carbocycles. The molecule has 1 aliphatic rings. The van der Waals surface area contributed by atoms with Gasteiger partial charge in [-0.1, -0.05) is 12.1 Å². The lowest BCUT2D eigenvalue weighted by Crippen LogP contribution is -2.34. The molecule has 1 aliphatic heterocycles. The predicted octanol–water partition coefficient (Wildman–Crippen LogP) is 4.64. The third kappa shape index (κ3) is 7.09. The predicted molar refractivity (Wildman–Crippen MR) is 114 cm³/mol. The lowest BCUT2D eigenvalue weighted by Gasteiger charge is -2.26. The van der Waals surface area contributed by atoms with Gasteiger partial charge in [-0.15, -0.1) is 11.8 Å². The van der Waals surface area contributed by atoms with E-state index in [0.717, 1.165) is 42.0 Å². The van der Waals surface area contributed by atoms with Crippen LogP contribution >= 0.6 is 11.8 Å². The minimum absolute atomic E-state index is 0.200. The van der Waals surface area contributed by atoms with Crippen LogP contribution in [0.3, 0.4) is 0 Å². The first kappa shape index (κ1) is 21.2. The molecule has 7 heteroatoms. The number of anilines is 1. The van der Waals surface area contributed by atoms with E-state index in [9.17, 15) is 14.0 Å². The van der Waals surface area contributed by atoms with Crippen molar-refractivity contribution in [2.24, 2.45) is 0 Å². The highest BCUT2D eigenvalue weighted by Gasteiger charge is 2.18. The molecule has 0 spiro atoms. The zero-order valence-corrected chi connectivity index (χ0v) is 17.1. The van der Waals surface area contributed by atoms with Crippen LogP contribution in [-0.2, 0) is 11.3 Å². The first-order valence-corrected chi connectivity index (χ1v) is 10.9. The Morgan fingerprint density at radius 3 is 2.76 bits per heavy atom. The average molecular weight is 416 g/mol. The van der Waals surface area contributed by atoms with E-state index in [4.69, 9.17) is 0 Å². The van der Waals surface area contributed by atoms with Crippen LogP contribution < -0.4 is 10.6 Å². The molecule has 0 unspecified atom stereocenters. The third-order valence-corrected chi connectivity index (χ3v) is 5.77. The number of nitrogens with zero attached hydrogens (tertiary/aromatic N) is 1. The van der Waals surface area contributed by atoms with Crippen LogP contribution in [0.4, 0.5) is 14.9 Å². The molecule has 2 N–H and O–H groups in total. The fourth-order valence-corrected chi connectivity index (χ4v) is 4.02. The summed E-state index contributed by atoms with van der Waals surface area (Å²) in [5, 5.41) is 5.69. The van der Waals surface area contributed by atoms with Gasteiger partial charge in [-0.25, -0.2) is 9.18 Å². The van der Waals surface area contributed by atoms with Crippen molar-refractivity contribution in [2.75, 3.05) is 24.2 Å². The van der Waals surface area contributed by atoms with Crippen LogP contribution in [0.2, 0.25) is 0 Å². The summed E-state index contributed by atoms with van der Waals surface area (Å²) in [4.78, 5) is 27.0. The van der Waals surface area contributed by atoms with Crippen LogP contribution in [0.15, 0.2) is 53.4 Å². The Hall–Kier alpha value is -2.54. The van der Waals surface area contributed by atoms with E-state index in [1.807, 2.05) is 29.2 Å². The maximum atomic E-state index is 12.9. The number of piperidine rings is 1. The fourth-order valence-electron chi connectivity index (χ4n) is 3.17. The number of urea groups is 1. The molecule has 1 saturated heterocycles. The van der Waals surface area contributed by atoms with E-state index in [1.54, 1.807) is 23.9 Å². The lowest BCUT2D eigenvalue weighted by atomic mass is 10.1. The Kier molecular flexibility index (Phi) is 7.93. The summed E-state index contributed by atoms with van der Waals surface area (Å²) >= 11 is 1.63. The minimum atomic E-state index is -0.247. The standard InChI is InChI=1S/C22H26FN3O2S/c23-18-8-10-20(11-9-18)29-14-4-12-24-22(28)25-19-6-3-5-17(15-19)16-26-13-2-1-7-21(26)27/h3,5-6,8-11,15H,1-2,4,7,12-14,16H2,(H2,24,25,28). The van der Waals surface area contributed by atoms with Gasteiger partial charge in [0.15, 0.2) is 0 Å². The summed E-state index contributed by atoms with van der Waals surface area (Å²) < 4.78 is 12.9. The molecule has 154 valence electrons. The number of thioether (sulfide) groups is 1.